The van der Waals surface area contributed by atoms with E-state index in [-0.39, 0.29) is 24.3 Å². The molecule has 0 amide bonds. The fraction of sp³-hybridized carbons (Fsp3) is 0.300. The van der Waals surface area contributed by atoms with Crippen LogP contribution in [0.5, 0.6) is 0 Å². The number of hydrogen-bond donors (Lipinski definition) is 0. The predicted molar refractivity (Wildman–Crippen MR) is 95.1 cm³/mol. The third-order valence-corrected chi connectivity index (χ3v) is 4.12. The zero-order valence-corrected chi connectivity index (χ0v) is 12.8. The Labute approximate surface area is 140 Å². The maximum absolute atomic E-state index is 2.34. The van der Waals surface area contributed by atoms with E-state index in [9.17, 15) is 0 Å². The van der Waals surface area contributed by atoms with Gasteiger partial charge < -0.3 is 0 Å². The third-order valence-electron chi connectivity index (χ3n) is 4.12. The molecule has 0 spiro atoms. The average molecular weight is 270 g/mol. The summed E-state index contributed by atoms with van der Waals surface area (Å²) in [5.41, 5.74) is 8.61. The first-order chi connectivity index (χ1) is 9.45. The normalized spacial score (nSPS) is 13.4. The molecule has 0 N–H and O–H groups in total. The van der Waals surface area contributed by atoms with E-state index in [2.05, 4.69) is 76.2 Å². The number of rotatable bonds is 1. The van der Waals surface area contributed by atoms with Crippen molar-refractivity contribution in [3.63, 3.8) is 0 Å². The second-order valence-electron chi connectivity index (χ2n) is 6.87. The summed E-state index contributed by atoms with van der Waals surface area (Å²) in [6.07, 6.45) is 3.44. The molecule has 21 heavy (non-hydrogen) atoms. The maximum atomic E-state index is 2.34. The number of fused-ring (bicyclic) bond motifs is 1. The molecule has 0 fully saturated rings. The van der Waals surface area contributed by atoms with Gasteiger partial charge >= 0.3 is 18.9 Å². The van der Waals surface area contributed by atoms with Crippen LogP contribution in [-0.4, -0.2) is 18.9 Å². The van der Waals surface area contributed by atoms with Crippen LogP contribution in [0.15, 0.2) is 48.0 Å². The van der Waals surface area contributed by atoms with Crippen molar-refractivity contribution in [2.24, 2.45) is 0 Å². The second kappa shape index (κ2) is 5.88. The van der Waals surface area contributed by atoms with Gasteiger partial charge in [-0.05, 0) is 46.6 Å². The van der Waals surface area contributed by atoms with E-state index in [4.69, 9.17) is 0 Å². The Balaban J connectivity index is 0.00000161. The molecule has 0 saturated heterocycles. The molecule has 0 bridgehead atoms. The van der Waals surface area contributed by atoms with Crippen molar-refractivity contribution in [2.45, 2.75) is 39.5 Å². The fourth-order valence-electron chi connectivity index (χ4n) is 2.94. The topological polar surface area (TPSA) is 0 Å². The number of hydrogen-bond acceptors (Lipinski definition) is 0. The molecule has 1 heteroatoms. The molecule has 0 saturated carbocycles. The van der Waals surface area contributed by atoms with Crippen LogP contribution in [0.3, 0.4) is 0 Å². The first-order valence-electron chi connectivity index (χ1n) is 7.35. The van der Waals surface area contributed by atoms with E-state index in [0.717, 1.165) is 6.42 Å². The molecular weight excluding hydrogens is 247 g/mol. The molecule has 0 radical (unpaired) electrons. The van der Waals surface area contributed by atoms with Crippen LogP contribution in [0.4, 0.5) is 0 Å². The van der Waals surface area contributed by atoms with Crippen LogP contribution in [0.2, 0.25) is 0 Å². The van der Waals surface area contributed by atoms with Gasteiger partial charge in [0.1, 0.15) is 0 Å². The SMILES string of the molecule is CC1=Cc2c(cccc2-c2ccc(C(C)(C)C)cc2)C1.[LiH]. The van der Waals surface area contributed by atoms with Crippen LogP contribution < -0.4 is 0 Å². The zero-order valence-electron chi connectivity index (χ0n) is 12.8. The molecule has 0 nitrogen and oxygen atoms in total. The van der Waals surface area contributed by atoms with Crippen molar-refractivity contribution < 1.29 is 0 Å². The monoisotopic (exact) mass is 270 g/mol. The van der Waals surface area contributed by atoms with Gasteiger partial charge in [0.2, 0.25) is 0 Å². The molecule has 1 aliphatic carbocycles. The fourth-order valence-corrected chi connectivity index (χ4v) is 2.94. The van der Waals surface area contributed by atoms with Crippen LogP contribution in [-0.2, 0) is 11.8 Å². The van der Waals surface area contributed by atoms with E-state index < -0.39 is 0 Å². The third kappa shape index (κ3) is 3.18. The molecule has 1 aliphatic rings. The van der Waals surface area contributed by atoms with Gasteiger partial charge in [-0.3, -0.25) is 0 Å². The summed E-state index contributed by atoms with van der Waals surface area (Å²) < 4.78 is 0. The Hall–Kier alpha value is -1.22. The summed E-state index contributed by atoms with van der Waals surface area (Å²) in [5, 5.41) is 0. The molecule has 3 rings (SSSR count). The van der Waals surface area contributed by atoms with Crippen molar-refractivity contribution in [1.82, 2.24) is 0 Å². The summed E-state index contributed by atoms with van der Waals surface area (Å²) in [7, 11) is 0. The Morgan fingerprint density at radius 3 is 2.19 bits per heavy atom. The van der Waals surface area contributed by atoms with Crippen molar-refractivity contribution >= 4 is 24.9 Å². The second-order valence-corrected chi connectivity index (χ2v) is 6.87. The van der Waals surface area contributed by atoms with E-state index in [0.29, 0.717) is 0 Å². The minimum atomic E-state index is 0. The first kappa shape index (κ1) is 16.2. The first-order valence-corrected chi connectivity index (χ1v) is 7.35. The van der Waals surface area contributed by atoms with Crippen LogP contribution in [0.1, 0.15) is 44.4 Å². The Kier molecular flexibility index (Phi) is 4.52. The van der Waals surface area contributed by atoms with Gasteiger partial charge in [-0.25, -0.2) is 0 Å². The Morgan fingerprint density at radius 1 is 0.905 bits per heavy atom. The quantitative estimate of drug-likeness (QED) is 0.642. The zero-order chi connectivity index (χ0) is 14.3. The molecule has 0 aliphatic heterocycles. The molecular formula is C20H23Li. The van der Waals surface area contributed by atoms with Gasteiger partial charge in [0.25, 0.3) is 0 Å². The summed E-state index contributed by atoms with van der Waals surface area (Å²) >= 11 is 0. The summed E-state index contributed by atoms with van der Waals surface area (Å²) in [6, 6.07) is 15.7. The summed E-state index contributed by atoms with van der Waals surface area (Å²) in [5.74, 6) is 0. The van der Waals surface area contributed by atoms with Gasteiger partial charge in [0.05, 0.1) is 0 Å². The molecule has 2 aromatic rings. The number of allylic oxidation sites excluding steroid dienone is 1. The summed E-state index contributed by atoms with van der Waals surface area (Å²) in [4.78, 5) is 0. The summed E-state index contributed by atoms with van der Waals surface area (Å²) in [6.45, 7) is 8.99. The molecule has 0 atom stereocenters. The molecule has 0 unspecified atom stereocenters. The van der Waals surface area contributed by atoms with E-state index in [1.807, 2.05) is 0 Å². The van der Waals surface area contributed by atoms with Crippen LogP contribution in [0, 0.1) is 0 Å². The van der Waals surface area contributed by atoms with E-state index in [1.165, 1.54) is 33.4 Å². The molecule has 104 valence electrons. The predicted octanol–water partition coefficient (Wildman–Crippen LogP) is 4.96. The molecule has 2 aromatic carbocycles. The van der Waals surface area contributed by atoms with Gasteiger partial charge in [0, 0.05) is 0 Å². The average Bonchev–Trinajstić information content (AvgIpc) is 2.78. The number of benzene rings is 2. The molecule has 0 aromatic heterocycles. The van der Waals surface area contributed by atoms with Gasteiger partial charge in [0.15, 0.2) is 0 Å². The van der Waals surface area contributed by atoms with Crippen molar-refractivity contribution in [3.05, 3.63) is 64.7 Å². The van der Waals surface area contributed by atoms with E-state index >= 15 is 0 Å². The van der Waals surface area contributed by atoms with Crippen molar-refractivity contribution in [1.29, 1.82) is 0 Å². The van der Waals surface area contributed by atoms with Crippen LogP contribution in [0.25, 0.3) is 17.2 Å². The molecule has 0 heterocycles. The van der Waals surface area contributed by atoms with Gasteiger partial charge in [-0.2, -0.15) is 0 Å². The Bertz CT molecular complexity index is 670. The van der Waals surface area contributed by atoms with Gasteiger partial charge in [-0.1, -0.05) is 74.9 Å². The minimum absolute atomic E-state index is 0. The van der Waals surface area contributed by atoms with Gasteiger partial charge in [-0.15, -0.1) is 0 Å². The van der Waals surface area contributed by atoms with Crippen LogP contribution >= 0.6 is 0 Å². The van der Waals surface area contributed by atoms with Crippen molar-refractivity contribution in [2.75, 3.05) is 0 Å². The Morgan fingerprint density at radius 2 is 1.57 bits per heavy atom. The van der Waals surface area contributed by atoms with E-state index in [1.54, 1.807) is 0 Å². The van der Waals surface area contributed by atoms with Crippen molar-refractivity contribution in [3.8, 4) is 11.1 Å². The standard InChI is InChI=1S/C20H22.Li.H/c1-14-12-16-6-5-7-18(19(16)13-14)15-8-10-17(11-9-15)20(2,3)4;;/h5-11,13H,12H2,1-4H3;;.